The number of para-hydroxylation sites is 2. The zero-order valence-corrected chi connectivity index (χ0v) is 14.9. The van der Waals surface area contributed by atoms with Gasteiger partial charge in [-0.3, -0.25) is 4.90 Å². The first-order chi connectivity index (χ1) is 12.8. The van der Waals surface area contributed by atoms with Gasteiger partial charge >= 0.3 is 0 Å². The number of anilines is 2. The van der Waals surface area contributed by atoms with Crippen LogP contribution in [-0.4, -0.2) is 44.2 Å². The third kappa shape index (κ3) is 4.33. The second-order valence-corrected chi connectivity index (χ2v) is 6.40. The van der Waals surface area contributed by atoms with Crippen molar-refractivity contribution in [2.75, 3.05) is 49.5 Å². The zero-order valence-electron chi connectivity index (χ0n) is 14.9. The average Bonchev–Trinajstić information content (AvgIpc) is 2.72. The minimum Gasteiger partial charge on any atom is -0.383 e. The van der Waals surface area contributed by atoms with Crippen molar-refractivity contribution in [1.29, 1.82) is 10.5 Å². The van der Waals surface area contributed by atoms with E-state index in [1.54, 1.807) is 18.2 Å². The highest BCUT2D eigenvalue weighted by molar-refractivity contribution is 5.66. The molecule has 1 saturated heterocycles. The van der Waals surface area contributed by atoms with E-state index in [1.165, 1.54) is 5.69 Å². The van der Waals surface area contributed by atoms with Crippen molar-refractivity contribution < 1.29 is 0 Å². The number of hydrogen-bond donors (Lipinski definition) is 1. The number of nitrogens with one attached hydrogen (secondary N) is 1. The van der Waals surface area contributed by atoms with Crippen LogP contribution in [0.3, 0.4) is 0 Å². The Morgan fingerprint density at radius 3 is 2.12 bits per heavy atom. The van der Waals surface area contributed by atoms with Crippen molar-refractivity contribution in [1.82, 2.24) is 4.90 Å². The minimum atomic E-state index is 0.528. The molecule has 0 spiro atoms. The molecular formula is C21H23N5. The molecule has 0 amide bonds. The maximum absolute atomic E-state index is 9.21. The first-order valence-corrected chi connectivity index (χ1v) is 9.01. The maximum atomic E-state index is 9.21. The lowest BCUT2D eigenvalue weighted by molar-refractivity contribution is 0.257. The Balaban J connectivity index is 1.43. The van der Waals surface area contributed by atoms with Crippen LogP contribution < -0.4 is 10.2 Å². The molecule has 26 heavy (non-hydrogen) atoms. The van der Waals surface area contributed by atoms with Crippen LogP contribution in [0.2, 0.25) is 0 Å². The van der Waals surface area contributed by atoms with Gasteiger partial charge in [-0.25, -0.2) is 0 Å². The highest BCUT2D eigenvalue weighted by Crippen LogP contribution is 2.20. The van der Waals surface area contributed by atoms with Gasteiger partial charge in [-0.1, -0.05) is 24.3 Å². The van der Waals surface area contributed by atoms with Gasteiger partial charge in [-0.2, -0.15) is 10.5 Å². The van der Waals surface area contributed by atoms with Crippen molar-refractivity contribution in [2.45, 2.75) is 6.42 Å². The standard InChI is InChI=1S/C21H23N5/c22-16-18-6-4-7-19(17-23)21(18)24-10-5-11-25-12-14-26(15-13-25)20-8-2-1-3-9-20/h1-4,6-9,24H,5,10-15H2. The summed E-state index contributed by atoms with van der Waals surface area (Å²) in [6, 6.07) is 20.1. The van der Waals surface area contributed by atoms with Crippen LogP contribution in [0.25, 0.3) is 0 Å². The molecule has 0 radical (unpaired) electrons. The molecule has 1 N–H and O–H groups in total. The summed E-state index contributed by atoms with van der Waals surface area (Å²) in [5.41, 5.74) is 3.01. The van der Waals surface area contributed by atoms with Crippen LogP contribution in [0, 0.1) is 22.7 Å². The summed E-state index contributed by atoms with van der Waals surface area (Å²) in [6.45, 7) is 6.00. The Morgan fingerprint density at radius 2 is 1.50 bits per heavy atom. The highest BCUT2D eigenvalue weighted by atomic mass is 15.3. The fourth-order valence-electron chi connectivity index (χ4n) is 3.31. The Bertz CT molecular complexity index is 763. The Morgan fingerprint density at radius 1 is 0.846 bits per heavy atom. The smallest absolute Gasteiger partial charge is 0.101 e. The van der Waals surface area contributed by atoms with Crippen molar-refractivity contribution >= 4 is 11.4 Å². The summed E-state index contributed by atoms with van der Waals surface area (Å²) in [7, 11) is 0. The van der Waals surface area contributed by atoms with Crippen molar-refractivity contribution in [3.05, 3.63) is 59.7 Å². The van der Waals surface area contributed by atoms with Crippen LogP contribution in [0.15, 0.2) is 48.5 Å². The second-order valence-electron chi connectivity index (χ2n) is 6.40. The van der Waals surface area contributed by atoms with Gasteiger partial charge in [0, 0.05) is 38.4 Å². The molecule has 1 fully saturated rings. The van der Waals surface area contributed by atoms with Gasteiger partial charge in [0.25, 0.3) is 0 Å². The van der Waals surface area contributed by atoms with Gasteiger partial charge in [0.1, 0.15) is 12.1 Å². The lowest BCUT2D eigenvalue weighted by atomic mass is 10.1. The molecule has 0 bridgehead atoms. The second kappa shape index (κ2) is 8.89. The van der Waals surface area contributed by atoms with E-state index >= 15 is 0 Å². The van der Waals surface area contributed by atoms with Crippen LogP contribution in [0.4, 0.5) is 11.4 Å². The Kier molecular flexibility index (Phi) is 6.09. The minimum absolute atomic E-state index is 0.528. The van der Waals surface area contributed by atoms with Crippen molar-refractivity contribution in [3.8, 4) is 12.1 Å². The highest BCUT2D eigenvalue weighted by Gasteiger charge is 2.16. The van der Waals surface area contributed by atoms with E-state index < -0.39 is 0 Å². The van der Waals surface area contributed by atoms with Crippen LogP contribution >= 0.6 is 0 Å². The van der Waals surface area contributed by atoms with E-state index in [1.807, 2.05) is 0 Å². The number of hydrogen-bond acceptors (Lipinski definition) is 5. The number of benzene rings is 2. The predicted molar refractivity (Wildman–Crippen MR) is 104 cm³/mol. The molecule has 1 heterocycles. The number of piperazine rings is 1. The molecule has 0 saturated carbocycles. The first-order valence-electron chi connectivity index (χ1n) is 9.01. The molecule has 2 aromatic carbocycles. The molecule has 0 atom stereocenters. The predicted octanol–water partition coefficient (Wildman–Crippen LogP) is 3.05. The van der Waals surface area contributed by atoms with Crippen molar-refractivity contribution in [3.63, 3.8) is 0 Å². The quantitative estimate of drug-likeness (QED) is 0.815. The summed E-state index contributed by atoms with van der Waals surface area (Å²) in [5.74, 6) is 0. The van der Waals surface area contributed by atoms with E-state index in [9.17, 15) is 10.5 Å². The topological polar surface area (TPSA) is 66.1 Å². The summed E-state index contributed by atoms with van der Waals surface area (Å²) < 4.78 is 0. The normalized spacial score (nSPS) is 14.5. The molecule has 0 unspecified atom stereocenters. The molecular weight excluding hydrogens is 322 g/mol. The van der Waals surface area contributed by atoms with Gasteiger partial charge in [0.2, 0.25) is 0 Å². The fourth-order valence-corrected chi connectivity index (χ4v) is 3.31. The van der Waals surface area contributed by atoms with E-state index in [2.05, 4.69) is 57.6 Å². The third-order valence-corrected chi connectivity index (χ3v) is 4.75. The largest absolute Gasteiger partial charge is 0.383 e. The van der Waals surface area contributed by atoms with E-state index in [-0.39, 0.29) is 0 Å². The van der Waals surface area contributed by atoms with Gasteiger partial charge in [0.05, 0.1) is 16.8 Å². The molecule has 132 valence electrons. The molecule has 0 aromatic heterocycles. The number of nitriles is 2. The van der Waals surface area contributed by atoms with E-state index in [4.69, 9.17) is 0 Å². The molecule has 5 heteroatoms. The van der Waals surface area contributed by atoms with Gasteiger partial charge in [0.15, 0.2) is 0 Å². The molecule has 1 aliphatic heterocycles. The first kappa shape index (κ1) is 17.8. The number of rotatable bonds is 6. The SMILES string of the molecule is N#Cc1cccc(C#N)c1NCCCN1CCN(c2ccccc2)CC1. The summed E-state index contributed by atoms with van der Waals surface area (Å²) in [6.07, 6.45) is 0.982. The van der Waals surface area contributed by atoms with Crippen LogP contribution in [0.1, 0.15) is 17.5 Å². The third-order valence-electron chi connectivity index (χ3n) is 4.75. The maximum Gasteiger partial charge on any atom is 0.101 e. The lowest BCUT2D eigenvalue weighted by Crippen LogP contribution is -2.46. The van der Waals surface area contributed by atoms with E-state index in [0.717, 1.165) is 45.7 Å². The molecule has 2 aromatic rings. The van der Waals surface area contributed by atoms with Gasteiger partial charge in [-0.05, 0) is 37.2 Å². The van der Waals surface area contributed by atoms with Crippen LogP contribution in [0.5, 0.6) is 0 Å². The van der Waals surface area contributed by atoms with Crippen LogP contribution in [-0.2, 0) is 0 Å². The Labute approximate surface area is 155 Å². The summed E-state index contributed by atoms with van der Waals surface area (Å²) in [4.78, 5) is 4.90. The monoisotopic (exact) mass is 345 g/mol. The average molecular weight is 345 g/mol. The fraction of sp³-hybridized carbons (Fsp3) is 0.333. The lowest BCUT2D eigenvalue weighted by Gasteiger charge is -2.36. The zero-order chi connectivity index (χ0) is 18.2. The molecule has 1 aliphatic rings. The Hall–Kier alpha value is -3.02. The number of nitrogens with zero attached hydrogens (tertiary/aromatic N) is 4. The van der Waals surface area contributed by atoms with Gasteiger partial charge < -0.3 is 10.2 Å². The summed E-state index contributed by atoms with van der Waals surface area (Å²) in [5, 5.41) is 21.7. The van der Waals surface area contributed by atoms with E-state index in [0.29, 0.717) is 16.8 Å². The molecule has 5 nitrogen and oxygen atoms in total. The summed E-state index contributed by atoms with van der Waals surface area (Å²) >= 11 is 0. The molecule has 3 rings (SSSR count). The molecule has 0 aliphatic carbocycles. The van der Waals surface area contributed by atoms with Gasteiger partial charge in [-0.15, -0.1) is 0 Å². The van der Waals surface area contributed by atoms with Crippen molar-refractivity contribution in [2.24, 2.45) is 0 Å².